The van der Waals surface area contributed by atoms with Crippen LogP contribution in [0.5, 0.6) is 0 Å². The summed E-state index contributed by atoms with van der Waals surface area (Å²) in [7, 11) is 0. The Balaban J connectivity index is 4.41. The third-order valence-electron chi connectivity index (χ3n) is 10.3. The Hall–Kier alpha value is -1.66. The lowest BCUT2D eigenvalue weighted by Gasteiger charge is -2.24. The second-order valence-electron chi connectivity index (χ2n) is 15.5. The molecule has 0 spiro atoms. The average Bonchev–Trinajstić information content (AvgIpc) is 3.13. The molecular formula is C46H87NO5. The molecular weight excluding hydrogens is 647 g/mol. The molecule has 0 aliphatic heterocycles. The smallest absolute Gasteiger partial charge is 0.306 e. The molecule has 0 bridgehead atoms. The van der Waals surface area contributed by atoms with Crippen LogP contribution in [0.3, 0.4) is 0 Å². The van der Waals surface area contributed by atoms with E-state index in [1.807, 2.05) is 0 Å². The minimum Gasteiger partial charge on any atom is -0.462 e. The van der Waals surface area contributed by atoms with Gasteiger partial charge in [-0.2, -0.15) is 0 Å². The first-order chi connectivity index (χ1) is 25.5. The van der Waals surface area contributed by atoms with Crippen LogP contribution in [-0.2, 0) is 14.3 Å². The molecule has 0 heterocycles. The van der Waals surface area contributed by atoms with Crippen molar-refractivity contribution >= 4 is 11.9 Å². The fraction of sp³-hybridized carbons (Fsp3) is 0.870. The molecule has 6 heteroatoms. The molecule has 3 unspecified atom stereocenters. The summed E-state index contributed by atoms with van der Waals surface area (Å²) in [4.78, 5) is 25.8. The number of nitrogens with one attached hydrogen (secondary N) is 1. The molecule has 0 rings (SSSR count). The van der Waals surface area contributed by atoms with Crippen molar-refractivity contribution < 1.29 is 24.5 Å². The Morgan fingerprint density at radius 2 is 0.981 bits per heavy atom. The molecule has 1 amide bonds. The Morgan fingerprint density at radius 3 is 1.50 bits per heavy atom. The van der Waals surface area contributed by atoms with Gasteiger partial charge >= 0.3 is 5.97 Å². The lowest BCUT2D eigenvalue weighted by atomic mass is 10.0. The van der Waals surface area contributed by atoms with Gasteiger partial charge in [-0.15, -0.1) is 0 Å². The monoisotopic (exact) mass is 734 g/mol. The predicted molar refractivity (Wildman–Crippen MR) is 223 cm³/mol. The third kappa shape index (κ3) is 35.4. The minimum absolute atomic E-state index is 0.0771. The van der Waals surface area contributed by atoms with Gasteiger partial charge in [0.1, 0.15) is 6.10 Å². The number of carbonyl (C=O) groups excluding carboxylic acids is 2. The summed E-state index contributed by atoms with van der Waals surface area (Å²) >= 11 is 0. The Labute approximate surface area is 322 Å². The highest BCUT2D eigenvalue weighted by Gasteiger charge is 2.24. The molecule has 306 valence electrons. The molecule has 3 atom stereocenters. The average molecular weight is 734 g/mol. The highest BCUT2D eigenvalue weighted by Crippen LogP contribution is 2.17. The number of ether oxygens (including phenoxy) is 1. The molecule has 0 aliphatic carbocycles. The first-order valence-corrected chi connectivity index (χ1v) is 22.6. The van der Waals surface area contributed by atoms with Crippen molar-refractivity contribution in [2.45, 2.75) is 251 Å². The normalized spacial score (nSPS) is 13.6. The molecule has 0 aromatic carbocycles. The Morgan fingerprint density at radius 1 is 0.558 bits per heavy atom. The number of hydrogen-bond donors (Lipinski definition) is 3. The van der Waals surface area contributed by atoms with Crippen LogP contribution in [0.25, 0.3) is 0 Å². The molecule has 0 radical (unpaired) electrons. The number of esters is 1. The van der Waals surface area contributed by atoms with Crippen molar-refractivity contribution in [2.24, 2.45) is 0 Å². The van der Waals surface area contributed by atoms with Crippen molar-refractivity contribution in [3.63, 3.8) is 0 Å². The van der Waals surface area contributed by atoms with E-state index in [-0.39, 0.29) is 24.9 Å². The highest BCUT2D eigenvalue weighted by molar-refractivity contribution is 5.77. The standard InChI is InChI=1S/C46H87NO5/c1-4-7-10-13-16-18-19-20-21-22-23-24-25-27-30-33-36-39-46(51)52-42(37-34-31-28-15-12-9-6-3)40-45(50)47-43(41-48)44(49)38-35-32-29-26-17-14-11-8-5-2/h16,18,20-21,42-44,48-49H,4-15,17,19,22-41H2,1-3H3,(H,47,50)/b18-16-,21-20-. The number of rotatable bonds is 40. The number of hydrogen-bond acceptors (Lipinski definition) is 5. The van der Waals surface area contributed by atoms with Gasteiger partial charge < -0.3 is 20.3 Å². The van der Waals surface area contributed by atoms with E-state index in [9.17, 15) is 19.8 Å². The maximum Gasteiger partial charge on any atom is 0.306 e. The molecule has 0 aliphatic rings. The van der Waals surface area contributed by atoms with Crippen molar-refractivity contribution in [3.05, 3.63) is 24.3 Å². The molecule has 0 aromatic rings. The molecule has 52 heavy (non-hydrogen) atoms. The number of amides is 1. The van der Waals surface area contributed by atoms with E-state index in [4.69, 9.17) is 4.74 Å². The predicted octanol–water partition coefficient (Wildman–Crippen LogP) is 12.8. The van der Waals surface area contributed by atoms with Crippen LogP contribution < -0.4 is 5.32 Å². The first-order valence-electron chi connectivity index (χ1n) is 22.6. The van der Waals surface area contributed by atoms with E-state index < -0.39 is 18.2 Å². The van der Waals surface area contributed by atoms with Crippen molar-refractivity contribution in [1.29, 1.82) is 0 Å². The summed E-state index contributed by atoms with van der Waals surface area (Å²) in [6, 6.07) is -0.694. The lowest BCUT2D eigenvalue weighted by molar-refractivity contribution is -0.151. The second kappa shape index (κ2) is 40.5. The summed E-state index contributed by atoms with van der Waals surface area (Å²) in [5, 5.41) is 23.5. The summed E-state index contributed by atoms with van der Waals surface area (Å²) in [6.45, 7) is 6.40. The topological polar surface area (TPSA) is 95.9 Å². The van der Waals surface area contributed by atoms with E-state index in [2.05, 4.69) is 50.4 Å². The van der Waals surface area contributed by atoms with E-state index in [1.165, 1.54) is 116 Å². The van der Waals surface area contributed by atoms with Crippen molar-refractivity contribution in [3.8, 4) is 0 Å². The van der Waals surface area contributed by atoms with Gasteiger partial charge in [-0.1, -0.05) is 186 Å². The number of aliphatic hydroxyl groups excluding tert-OH is 2. The van der Waals surface area contributed by atoms with Gasteiger partial charge in [-0.25, -0.2) is 0 Å². The van der Waals surface area contributed by atoms with E-state index in [1.54, 1.807) is 0 Å². The molecule has 3 N–H and O–H groups in total. The van der Waals surface area contributed by atoms with Crippen LogP contribution in [0.4, 0.5) is 0 Å². The van der Waals surface area contributed by atoms with Crippen molar-refractivity contribution in [2.75, 3.05) is 6.61 Å². The molecule has 0 fully saturated rings. The van der Waals surface area contributed by atoms with Gasteiger partial charge in [0.2, 0.25) is 5.91 Å². The minimum atomic E-state index is -0.781. The Bertz CT molecular complexity index is 828. The van der Waals surface area contributed by atoms with Gasteiger partial charge in [0.05, 0.1) is 25.2 Å². The number of unbranched alkanes of at least 4 members (excludes halogenated alkanes) is 24. The van der Waals surface area contributed by atoms with Crippen LogP contribution in [-0.4, -0.2) is 46.9 Å². The Kier molecular flexibility index (Phi) is 39.2. The van der Waals surface area contributed by atoms with Gasteiger partial charge in [-0.3, -0.25) is 9.59 Å². The summed E-state index contributed by atoms with van der Waals surface area (Å²) < 4.78 is 5.87. The maximum absolute atomic E-state index is 13.0. The SMILES string of the molecule is CCCCC/C=C\C/C=C\CCCCCCCCCC(=O)OC(CCCCCCCCC)CC(=O)NC(CO)C(O)CCCCCCCCCCC. The van der Waals surface area contributed by atoms with Gasteiger partial charge in [0, 0.05) is 6.42 Å². The summed E-state index contributed by atoms with van der Waals surface area (Å²) in [5.74, 6) is -0.483. The van der Waals surface area contributed by atoms with Crippen molar-refractivity contribution in [1.82, 2.24) is 5.32 Å². The maximum atomic E-state index is 13.0. The van der Waals surface area contributed by atoms with Gasteiger partial charge in [0.15, 0.2) is 0 Å². The van der Waals surface area contributed by atoms with Crippen LogP contribution >= 0.6 is 0 Å². The molecule has 0 saturated heterocycles. The molecule has 0 saturated carbocycles. The van der Waals surface area contributed by atoms with Gasteiger partial charge in [0.25, 0.3) is 0 Å². The quantitative estimate of drug-likeness (QED) is 0.0331. The van der Waals surface area contributed by atoms with Gasteiger partial charge in [-0.05, 0) is 57.8 Å². The van der Waals surface area contributed by atoms with Crippen LogP contribution in [0.15, 0.2) is 24.3 Å². The fourth-order valence-corrected chi connectivity index (χ4v) is 6.81. The first kappa shape index (κ1) is 50.3. The second-order valence-corrected chi connectivity index (χ2v) is 15.5. The van der Waals surface area contributed by atoms with E-state index in [0.29, 0.717) is 19.3 Å². The fourth-order valence-electron chi connectivity index (χ4n) is 6.81. The summed E-state index contributed by atoms with van der Waals surface area (Å²) in [6.07, 6.45) is 43.9. The zero-order chi connectivity index (χ0) is 38.2. The largest absolute Gasteiger partial charge is 0.462 e. The highest BCUT2D eigenvalue weighted by atomic mass is 16.5. The zero-order valence-corrected chi connectivity index (χ0v) is 34.7. The van der Waals surface area contributed by atoms with Crippen LogP contribution in [0.1, 0.15) is 233 Å². The van der Waals surface area contributed by atoms with E-state index >= 15 is 0 Å². The van der Waals surface area contributed by atoms with Crippen LogP contribution in [0.2, 0.25) is 0 Å². The number of aliphatic hydroxyl groups is 2. The van der Waals surface area contributed by atoms with E-state index in [0.717, 1.165) is 70.6 Å². The zero-order valence-electron chi connectivity index (χ0n) is 34.7. The number of carbonyl (C=O) groups is 2. The lowest BCUT2D eigenvalue weighted by Crippen LogP contribution is -2.46. The molecule has 6 nitrogen and oxygen atoms in total. The number of allylic oxidation sites excluding steroid dienone is 4. The van der Waals surface area contributed by atoms with Crippen LogP contribution in [0, 0.1) is 0 Å². The summed E-state index contributed by atoms with van der Waals surface area (Å²) in [5.41, 5.74) is 0. The third-order valence-corrected chi connectivity index (χ3v) is 10.3. The molecule has 0 aromatic heterocycles.